The largest absolute Gasteiger partial charge is 0.496 e. The second kappa shape index (κ2) is 8.25. The Morgan fingerprint density at radius 1 is 1.32 bits per heavy atom. The van der Waals surface area contributed by atoms with Gasteiger partial charge in [0.05, 0.1) is 12.7 Å². The lowest BCUT2D eigenvalue weighted by Crippen LogP contribution is -2.76. The number of nitrogen functional groups attached to an aromatic ring is 1. The molecule has 4 aliphatic rings. The maximum atomic E-state index is 13.1. The van der Waals surface area contributed by atoms with Crippen LogP contribution >= 0.6 is 11.6 Å². The number of ether oxygens (including phenoxy) is 1. The lowest BCUT2D eigenvalue weighted by Gasteiger charge is -2.47. The Labute approximate surface area is 202 Å². The van der Waals surface area contributed by atoms with Crippen LogP contribution in [0.15, 0.2) is 65.7 Å². The number of aryl methyl sites for hydroxylation is 1. The van der Waals surface area contributed by atoms with E-state index < -0.39 is 11.0 Å². The van der Waals surface area contributed by atoms with E-state index >= 15 is 0 Å². The highest BCUT2D eigenvalue weighted by Gasteiger charge is 2.58. The molecule has 8 nitrogen and oxygen atoms in total. The smallest absolute Gasteiger partial charge is 0.259 e. The van der Waals surface area contributed by atoms with E-state index in [2.05, 4.69) is 10.7 Å². The maximum absolute atomic E-state index is 13.1. The summed E-state index contributed by atoms with van der Waals surface area (Å²) in [5, 5.41) is 2.06. The summed E-state index contributed by atoms with van der Waals surface area (Å²) in [7, 11) is 1.50. The van der Waals surface area contributed by atoms with E-state index in [0.717, 1.165) is 29.7 Å². The van der Waals surface area contributed by atoms with E-state index in [1.54, 1.807) is 24.3 Å². The van der Waals surface area contributed by atoms with E-state index in [1.807, 2.05) is 24.4 Å². The summed E-state index contributed by atoms with van der Waals surface area (Å²) in [6.07, 6.45) is 14.1. The molecule has 5 rings (SSSR count). The fourth-order valence-electron chi connectivity index (χ4n) is 5.09. The van der Waals surface area contributed by atoms with Crippen LogP contribution in [0.25, 0.3) is 6.08 Å². The molecule has 34 heavy (non-hydrogen) atoms. The number of carbonyl (C=O) groups excluding carboxylic acids is 2. The van der Waals surface area contributed by atoms with Gasteiger partial charge in [-0.2, -0.15) is 10.0 Å². The van der Waals surface area contributed by atoms with Crippen molar-refractivity contribution in [3.05, 3.63) is 76.9 Å². The Hall–Kier alpha value is -3.17. The fraction of sp³-hybridized carbons (Fsp3) is 0.280. The van der Waals surface area contributed by atoms with E-state index in [-0.39, 0.29) is 28.3 Å². The Kier molecular flexibility index (Phi) is 5.49. The summed E-state index contributed by atoms with van der Waals surface area (Å²) in [4.78, 5) is 24.5. The van der Waals surface area contributed by atoms with Crippen molar-refractivity contribution in [2.24, 2.45) is 5.73 Å². The van der Waals surface area contributed by atoms with Gasteiger partial charge >= 0.3 is 0 Å². The van der Waals surface area contributed by atoms with Gasteiger partial charge < -0.3 is 15.8 Å². The van der Waals surface area contributed by atoms with Crippen LogP contribution in [-0.4, -0.2) is 36.4 Å². The number of halogens is 1. The zero-order chi connectivity index (χ0) is 24.1. The number of hydrogen-bond acceptors (Lipinski definition) is 6. The monoisotopic (exact) mass is 480 g/mol. The van der Waals surface area contributed by atoms with Crippen molar-refractivity contribution in [1.82, 2.24) is 15.3 Å². The number of rotatable bonds is 4. The highest BCUT2D eigenvalue weighted by Crippen LogP contribution is 2.48. The summed E-state index contributed by atoms with van der Waals surface area (Å²) in [5.41, 5.74) is 20.3. The summed E-state index contributed by atoms with van der Waals surface area (Å²) in [6.45, 7) is 0.716. The SMILES string of the molecule is COC1=CC(N)([N@@+]23C=Cc4cc(N)cc(c42)CCCN3)C(Cl)C=C1C(=O)NC1=CCC(=O)C=C1. The fourth-order valence-corrected chi connectivity index (χ4v) is 5.43. The zero-order valence-electron chi connectivity index (χ0n) is 18.8. The van der Waals surface area contributed by atoms with Crippen LogP contribution in [0.5, 0.6) is 0 Å². The van der Waals surface area contributed by atoms with Gasteiger partial charge in [0, 0.05) is 47.6 Å². The Balaban J connectivity index is 1.54. The molecule has 6 N–H and O–H groups in total. The normalized spacial score (nSPS) is 29.6. The van der Waals surface area contributed by atoms with Crippen LogP contribution in [0.4, 0.5) is 11.4 Å². The molecule has 2 aliphatic carbocycles. The highest BCUT2D eigenvalue weighted by molar-refractivity contribution is 6.24. The second-order valence-electron chi connectivity index (χ2n) is 8.87. The van der Waals surface area contributed by atoms with Crippen molar-refractivity contribution < 1.29 is 14.3 Å². The molecule has 2 aliphatic heterocycles. The van der Waals surface area contributed by atoms with Gasteiger partial charge in [-0.3, -0.25) is 15.3 Å². The number of nitrogens with zero attached hydrogens (tertiary/aromatic N) is 1. The molecule has 176 valence electrons. The van der Waals surface area contributed by atoms with Gasteiger partial charge in [0.15, 0.2) is 11.5 Å². The number of ketones is 1. The van der Waals surface area contributed by atoms with E-state index in [4.69, 9.17) is 27.8 Å². The second-order valence-corrected chi connectivity index (χ2v) is 9.34. The quantitative estimate of drug-likeness (QED) is 0.298. The predicted molar refractivity (Wildman–Crippen MR) is 133 cm³/mol. The lowest BCUT2D eigenvalue weighted by atomic mass is 9.91. The Morgan fingerprint density at radius 3 is 2.88 bits per heavy atom. The molecular formula is C25H27ClN5O3+. The number of alkyl halides is 1. The molecule has 2 heterocycles. The number of nitrogens with two attached hydrogens (primary N) is 2. The first kappa shape index (κ1) is 22.6. The maximum Gasteiger partial charge on any atom is 0.259 e. The standard InChI is InChI=1S/C25H26ClN5O3/c1-34-21-14-25(28,22(26)13-20(21)24(33)30-18-4-6-19(32)7-5-18)31-10-8-16-12-17(27)11-15(23(16)31)3-2-9-29-31/h4-6,8,10-14,22,29H,2-3,7,9,27-28H2,1H3/p+1/t22?,25?,31-/m1/s1. The molecule has 0 radical (unpaired) electrons. The number of amides is 1. The molecule has 1 amide bonds. The first-order chi connectivity index (χ1) is 16.3. The Bertz CT molecular complexity index is 1250. The molecule has 0 saturated heterocycles. The van der Waals surface area contributed by atoms with Gasteiger partial charge in [-0.15, -0.1) is 11.6 Å². The first-order valence-electron chi connectivity index (χ1n) is 11.2. The molecule has 3 atom stereocenters. The molecule has 0 bridgehead atoms. The number of anilines is 1. The van der Waals surface area contributed by atoms with E-state index in [1.165, 1.54) is 13.2 Å². The molecule has 0 saturated carbocycles. The number of benzene rings is 1. The van der Waals surface area contributed by atoms with Crippen molar-refractivity contribution in [2.75, 3.05) is 19.4 Å². The number of hydrogen-bond donors (Lipinski definition) is 4. The molecule has 1 aromatic rings. The van der Waals surface area contributed by atoms with Crippen LogP contribution in [-0.2, 0) is 20.7 Å². The predicted octanol–water partition coefficient (Wildman–Crippen LogP) is 2.27. The van der Waals surface area contributed by atoms with Crippen LogP contribution in [0.1, 0.15) is 24.0 Å². The van der Waals surface area contributed by atoms with E-state index in [0.29, 0.717) is 23.7 Å². The first-order valence-corrected chi connectivity index (χ1v) is 11.6. The molecule has 0 spiro atoms. The minimum Gasteiger partial charge on any atom is -0.496 e. The van der Waals surface area contributed by atoms with Crippen molar-refractivity contribution >= 4 is 40.7 Å². The topological polar surface area (TPSA) is 119 Å². The minimum atomic E-state index is -1.19. The van der Waals surface area contributed by atoms with Gasteiger partial charge in [0.25, 0.3) is 5.91 Å². The molecular weight excluding hydrogens is 454 g/mol. The van der Waals surface area contributed by atoms with Crippen molar-refractivity contribution in [1.29, 1.82) is 0 Å². The van der Waals surface area contributed by atoms with Gasteiger partial charge in [0.1, 0.15) is 17.3 Å². The van der Waals surface area contributed by atoms with Crippen molar-refractivity contribution in [2.45, 2.75) is 30.3 Å². The van der Waals surface area contributed by atoms with Crippen LogP contribution in [0.3, 0.4) is 0 Å². The van der Waals surface area contributed by atoms with Crippen molar-refractivity contribution in [3.8, 4) is 0 Å². The van der Waals surface area contributed by atoms with Crippen LogP contribution in [0, 0.1) is 0 Å². The van der Waals surface area contributed by atoms with Crippen molar-refractivity contribution in [3.63, 3.8) is 0 Å². The molecule has 1 aromatic carbocycles. The molecule has 0 fully saturated rings. The average molecular weight is 481 g/mol. The van der Waals surface area contributed by atoms with E-state index in [9.17, 15) is 9.59 Å². The number of methoxy groups -OCH3 is 1. The third-order valence-electron chi connectivity index (χ3n) is 6.74. The van der Waals surface area contributed by atoms with Gasteiger partial charge in [-0.25, -0.2) is 0 Å². The third-order valence-corrected chi connectivity index (χ3v) is 7.22. The minimum absolute atomic E-state index is 0.0138. The van der Waals surface area contributed by atoms with Gasteiger partial charge in [-0.1, -0.05) is 6.08 Å². The highest BCUT2D eigenvalue weighted by atomic mass is 35.5. The number of nitrogens with one attached hydrogen (secondary N) is 2. The lowest BCUT2D eigenvalue weighted by molar-refractivity contribution is -0.117. The number of allylic oxidation sites excluding steroid dienone is 3. The average Bonchev–Trinajstić information content (AvgIpc) is 3.08. The number of carbonyl (C=O) groups is 2. The molecule has 9 heteroatoms. The zero-order valence-corrected chi connectivity index (χ0v) is 19.6. The molecule has 0 aromatic heterocycles. The number of quaternary nitrogens is 1. The summed E-state index contributed by atoms with van der Waals surface area (Å²) in [6, 6.07) is 3.93. The summed E-state index contributed by atoms with van der Waals surface area (Å²) in [5.74, 6) is -0.0773. The third kappa shape index (κ3) is 3.42. The van der Waals surface area contributed by atoms with Crippen LogP contribution in [0.2, 0.25) is 0 Å². The summed E-state index contributed by atoms with van der Waals surface area (Å²) >= 11 is 6.95. The Morgan fingerprint density at radius 2 is 2.15 bits per heavy atom. The molecule has 2 unspecified atom stereocenters. The van der Waals surface area contributed by atoms with Gasteiger partial charge in [0.2, 0.25) is 5.66 Å². The van der Waals surface area contributed by atoms with Gasteiger partial charge in [-0.05, 0) is 43.2 Å². The summed E-state index contributed by atoms with van der Waals surface area (Å²) < 4.78 is 5.73. The van der Waals surface area contributed by atoms with Crippen LogP contribution < -0.4 is 26.8 Å².